The van der Waals surface area contributed by atoms with Crippen LogP contribution in [0.2, 0.25) is 0 Å². The highest BCUT2D eigenvalue weighted by molar-refractivity contribution is 7.89. The fourth-order valence-corrected chi connectivity index (χ4v) is 9.19. The minimum absolute atomic E-state index is 0.0827. The third-order valence-corrected chi connectivity index (χ3v) is 11.8. The number of nitrogens with zero attached hydrogens (tertiary/aromatic N) is 4. The Balaban J connectivity index is 1.59. The highest BCUT2D eigenvalue weighted by Gasteiger charge is 2.50. The lowest BCUT2D eigenvalue weighted by Gasteiger charge is -2.35. The van der Waals surface area contributed by atoms with Crippen LogP contribution in [-0.2, 0) is 24.9 Å². The highest BCUT2D eigenvalue weighted by atomic mass is 32.2. The van der Waals surface area contributed by atoms with Crippen molar-refractivity contribution >= 4 is 26.3 Å². The van der Waals surface area contributed by atoms with Crippen LogP contribution in [0.5, 0.6) is 0 Å². The van der Waals surface area contributed by atoms with Crippen molar-refractivity contribution in [3.63, 3.8) is 0 Å². The van der Waals surface area contributed by atoms with Gasteiger partial charge in [-0.15, -0.1) is 5.16 Å². The van der Waals surface area contributed by atoms with E-state index < -0.39 is 37.0 Å². The molecule has 2 heterocycles. The summed E-state index contributed by atoms with van der Waals surface area (Å²) >= 11 is 0. The molecular formula is C30H44N4O6S2. The number of fused-ring (bicyclic) bond motifs is 1. The minimum Gasteiger partial charge on any atom is -0.411 e. The third-order valence-electron chi connectivity index (χ3n) is 8.17. The summed E-state index contributed by atoms with van der Waals surface area (Å²) in [6.45, 7) is 14.2. The Hall–Kier alpha value is -2.35. The molecule has 0 bridgehead atoms. The molecule has 10 nitrogen and oxygen atoms in total. The highest BCUT2D eigenvalue weighted by Crippen LogP contribution is 2.41. The van der Waals surface area contributed by atoms with Crippen LogP contribution in [-0.4, -0.2) is 86.3 Å². The molecule has 0 amide bonds. The molecule has 232 valence electrons. The summed E-state index contributed by atoms with van der Waals surface area (Å²) in [6, 6.07) is 13.2. The molecule has 2 aromatic carbocycles. The van der Waals surface area contributed by atoms with Gasteiger partial charge in [-0.25, -0.2) is 16.8 Å². The van der Waals surface area contributed by atoms with Gasteiger partial charge in [-0.2, -0.15) is 13.7 Å². The monoisotopic (exact) mass is 620 g/mol. The number of rotatable bonds is 9. The third kappa shape index (κ3) is 6.89. The predicted molar refractivity (Wildman–Crippen MR) is 162 cm³/mol. The van der Waals surface area contributed by atoms with Crippen molar-refractivity contribution < 1.29 is 26.9 Å². The van der Waals surface area contributed by atoms with Crippen LogP contribution in [0, 0.1) is 24.7 Å². The van der Waals surface area contributed by atoms with E-state index in [1.807, 2.05) is 53.5 Å². The second-order valence-corrected chi connectivity index (χ2v) is 17.0. The molecule has 1 N–H and O–H groups in total. The van der Waals surface area contributed by atoms with Gasteiger partial charge in [-0.3, -0.25) is 4.84 Å². The molecule has 12 heteroatoms. The smallest absolute Gasteiger partial charge is 0.243 e. The van der Waals surface area contributed by atoms with Crippen molar-refractivity contribution in [2.75, 3.05) is 26.2 Å². The normalized spacial score (nSPS) is 24.2. The van der Waals surface area contributed by atoms with Crippen molar-refractivity contribution in [1.29, 1.82) is 0 Å². The van der Waals surface area contributed by atoms with Crippen molar-refractivity contribution in [1.82, 2.24) is 13.7 Å². The number of hydrogen-bond acceptors (Lipinski definition) is 8. The van der Waals surface area contributed by atoms with Crippen LogP contribution in [0.4, 0.5) is 0 Å². The van der Waals surface area contributed by atoms with Crippen LogP contribution < -0.4 is 0 Å². The first-order valence-corrected chi connectivity index (χ1v) is 17.1. The quantitative estimate of drug-likeness (QED) is 0.253. The van der Waals surface area contributed by atoms with E-state index in [2.05, 4.69) is 5.16 Å². The molecule has 42 heavy (non-hydrogen) atoms. The average molecular weight is 621 g/mol. The van der Waals surface area contributed by atoms with Crippen LogP contribution >= 0.6 is 0 Å². The summed E-state index contributed by atoms with van der Waals surface area (Å²) in [7, 11) is -7.61. The van der Waals surface area contributed by atoms with Gasteiger partial charge < -0.3 is 5.21 Å². The van der Waals surface area contributed by atoms with Crippen LogP contribution in [0.15, 0.2) is 63.5 Å². The van der Waals surface area contributed by atoms with E-state index in [-0.39, 0.29) is 41.5 Å². The molecule has 2 fully saturated rings. The maximum atomic E-state index is 13.9. The molecule has 0 aromatic heterocycles. The maximum Gasteiger partial charge on any atom is 0.243 e. The van der Waals surface area contributed by atoms with Gasteiger partial charge in [-0.1, -0.05) is 63.1 Å². The average Bonchev–Trinajstić information content (AvgIpc) is 3.30. The standard InChI is InChI=1S/C30H44N4O6S2/c1-22-8-12-26(13-9-22)41(36,37)32-17-24(3)34-28(30(6,7)21-32)16-25(40-34)18-33(20-29(4,5)19-31-35)42(38,39)27-14-10-23(2)11-15-27/h8-15,19,24-25,28,35H,16-18,20-21H2,1-7H3/b31-19-. The number of hydroxylamine groups is 2. The Morgan fingerprint density at radius 2 is 1.57 bits per heavy atom. The Morgan fingerprint density at radius 1 is 1.02 bits per heavy atom. The fraction of sp³-hybridized carbons (Fsp3) is 0.567. The summed E-state index contributed by atoms with van der Waals surface area (Å²) in [5.41, 5.74) is 0.715. The number of hydrogen-bond donors (Lipinski definition) is 1. The molecule has 2 aliphatic rings. The summed E-state index contributed by atoms with van der Waals surface area (Å²) in [5, 5.41) is 14.2. The Kier molecular flexibility index (Phi) is 9.28. The van der Waals surface area contributed by atoms with Crippen LogP contribution in [0.25, 0.3) is 0 Å². The van der Waals surface area contributed by atoms with Gasteiger partial charge in [0.15, 0.2) is 0 Å². The van der Waals surface area contributed by atoms with Crippen molar-refractivity contribution in [3.05, 3.63) is 59.7 Å². The minimum atomic E-state index is -3.90. The van der Waals surface area contributed by atoms with E-state index in [9.17, 15) is 22.0 Å². The van der Waals surface area contributed by atoms with Gasteiger partial charge in [0.2, 0.25) is 20.0 Å². The molecule has 2 aliphatic heterocycles. The first-order chi connectivity index (χ1) is 19.5. The number of oxime groups is 1. The molecular weight excluding hydrogens is 576 g/mol. The van der Waals surface area contributed by atoms with E-state index in [0.29, 0.717) is 13.0 Å². The lowest BCUT2D eigenvalue weighted by atomic mass is 9.82. The van der Waals surface area contributed by atoms with Gasteiger partial charge in [0.05, 0.1) is 22.1 Å². The molecule has 0 spiro atoms. The number of sulfonamides is 2. The van der Waals surface area contributed by atoms with Gasteiger partial charge >= 0.3 is 0 Å². The second kappa shape index (κ2) is 12.0. The SMILES string of the molecule is Cc1ccc(S(=O)(=O)N(CC2CC3N(O2)C(C)CN(S(=O)(=O)c2ccc(C)cc2)CC3(C)C)CC(C)(C)/C=N\O)cc1. The maximum absolute atomic E-state index is 13.9. The summed E-state index contributed by atoms with van der Waals surface area (Å²) < 4.78 is 57.9. The van der Waals surface area contributed by atoms with Gasteiger partial charge in [0.1, 0.15) is 0 Å². The first-order valence-electron chi connectivity index (χ1n) is 14.2. The van der Waals surface area contributed by atoms with Crippen LogP contribution in [0.1, 0.15) is 52.2 Å². The molecule has 0 saturated carbocycles. The van der Waals surface area contributed by atoms with Crippen molar-refractivity contribution in [2.24, 2.45) is 16.0 Å². The summed E-state index contributed by atoms with van der Waals surface area (Å²) in [6.07, 6.45) is 1.42. The Morgan fingerprint density at radius 3 is 2.12 bits per heavy atom. The van der Waals surface area contributed by atoms with Gasteiger partial charge in [-0.05, 0) is 56.9 Å². The lowest BCUT2D eigenvalue weighted by molar-refractivity contribution is -0.194. The van der Waals surface area contributed by atoms with Gasteiger partial charge in [0, 0.05) is 43.7 Å². The molecule has 4 rings (SSSR count). The zero-order chi connectivity index (χ0) is 31.1. The van der Waals surface area contributed by atoms with E-state index >= 15 is 0 Å². The summed E-state index contributed by atoms with van der Waals surface area (Å²) in [5.74, 6) is 0. The van der Waals surface area contributed by atoms with Crippen molar-refractivity contribution in [3.8, 4) is 0 Å². The number of benzene rings is 2. The zero-order valence-electron chi connectivity index (χ0n) is 25.6. The topological polar surface area (TPSA) is 120 Å². The zero-order valence-corrected chi connectivity index (χ0v) is 27.2. The van der Waals surface area contributed by atoms with Gasteiger partial charge in [0.25, 0.3) is 0 Å². The predicted octanol–water partition coefficient (Wildman–Crippen LogP) is 4.27. The molecule has 2 aromatic rings. The Bertz CT molecular complexity index is 1490. The van der Waals surface area contributed by atoms with E-state index in [4.69, 9.17) is 4.84 Å². The fourth-order valence-electron chi connectivity index (χ4n) is 5.85. The molecule has 3 unspecified atom stereocenters. The van der Waals surface area contributed by atoms with E-state index in [0.717, 1.165) is 11.1 Å². The largest absolute Gasteiger partial charge is 0.411 e. The summed E-state index contributed by atoms with van der Waals surface area (Å²) in [4.78, 5) is 6.90. The van der Waals surface area contributed by atoms with Crippen LogP contribution in [0.3, 0.4) is 0 Å². The van der Waals surface area contributed by atoms with E-state index in [1.54, 1.807) is 52.8 Å². The molecule has 0 aliphatic carbocycles. The van der Waals surface area contributed by atoms with Crippen molar-refractivity contribution in [2.45, 2.75) is 82.9 Å². The Labute approximate surface area is 251 Å². The molecule has 2 saturated heterocycles. The molecule has 0 radical (unpaired) electrons. The lowest BCUT2D eigenvalue weighted by Crippen LogP contribution is -2.45. The molecule has 3 atom stereocenters. The van der Waals surface area contributed by atoms with E-state index in [1.165, 1.54) is 10.5 Å². The second-order valence-electron chi connectivity index (χ2n) is 13.1. The first kappa shape index (κ1) is 32.6. The number of aryl methyl sites for hydroxylation is 2.